The van der Waals surface area contributed by atoms with Gasteiger partial charge in [-0.05, 0) is 32.2 Å². The Kier molecular flexibility index (Phi) is 2.36. The van der Waals surface area contributed by atoms with E-state index in [0.29, 0.717) is 0 Å². The molecule has 0 spiro atoms. The van der Waals surface area contributed by atoms with E-state index in [1.165, 1.54) is 0 Å². The van der Waals surface area contributed by atoms with Crippen molar-refractivity contribution in [3.8, 4) is 11.8 Å². The normalized spacial score (nSPS) is 10.5. The van der Waals surface area contributed by atoms with E-state index < -0.39 is 0 Å². The molecule has 0 nitrogen and oxygen atoms in total. The predicted molar refractivity (Wildman–Crippen MR) is 50.7 cm³/mol. The van der Waals surface area contributed by atoms with E-state index >= 15 is 0 Å². The maximum atomic E-state index is 3.18. The van der Waals surface area contributed by atoms with E-state index in [2.05, 4.69) is 38.0 Å². The molecule has 0 aromatic carbocycles. The van der Waals surface area contributed by atoms with Gasteiger partial charge in [0.2, 0.25) is 0 Å². The molecule has 1 aromatic rings. The van der Waals surface area contributed by atoms with Gasteiger partial charge >= 0.3 is 0 Å². The lowest BCUT2D eigenvalue weighted by Gasteiger charge is -2.06. The SMILES string of the molecule is CC(C)(C)C#Cc1ccsc1. The second-order valence-corrected chi connectivity index (χ2v) is 4.29. The summed E-state index contributed by atoms with van der Waals surface area (Å²) in [4.78, 5) is 0. The van der Waals surface area contributed by atoms with Crippen LogP contribution in [0.1, 0.15) is 26.3 Å². The summed E-state index contributed by atoms with van der Waals surface area (Å²) in [7, 11) is 0. The summed E-state index contributed by atoms with van der Waals surface area (Å²) < 4.78 is 0. The van der Waals surface area contributed by atoms with Gasteiger partial charge in [-0.25, -0.2) is 0 Å². The molecule has 0 radical (unpaired) electrons. The van der Waals surface area contributed by atoms with Gasteiger partial charge in [-0.2, -0.15) is 11.3 Å². The molecule has 1 rings (SSSR count). The van der Waals surface area contributed by atoms with Crippen molar-refractivity contribution in [2.24, 2.45) is 5.41 Å². The van der Waals surface area contributed by atoms with Crippen LogP contribution in [0.15, 0.2) is 16.8 Å². The number of hydrogen-bond donors (Lipinski definition) is 0. The molecular formula is C10H12S. The molecule has 0 fully saturated rings. The highest BCUT2D eigenvalue weighted by Gasteiger charge is 2.02. The van der Waals surface area contributed by atoms with Crippen molar-refractivity contribution in [2.45, 2.75) is 20.8 Å². The van der Waals surface area contributed by atoms with Gasteiger partial charge in [-0.3, -0.25) is 0 Å². The summed E-state index contributed by atoms with van der Waals surface area (Å²) in [6, 6.07) is 2.05. The maximum Gasteiger partial charge on any atom is 0.0352 e. The lowest BCUT2D eigenvalue weighted by atomic mass is 9.98. The molecule has 1 aromatic heterocycles. The fourth-order valence-electron chi connectivity index (χ4n) is 0.595. The predicted octanol–water partition coefficient (Wildman–Crippen LogP) is 3.15. The minimum absolute atomic E-state index is 0.113. The molecule has 0 amide bonds. The summed E-state index contributed by atoms with van der Waals surface area (Å²) in [6.07, 6.45) is 0. The third-order valence-corrected chi connectivity index (χ3v) is 1.79. The molecule has 0 saturated heterocycles. The van der Waals surface area contributed by atoms with Crippen LogP contribution in [0.4, 0.5) is 0 Å². The Morgan fingerprint density at radius 2 is 2.09 bits per heavy atom. The van der Waals surface area contributed by atoms with Crippen LogP contribution in [-0.4, -0.2) is 0 Å². The average molecular weight is 164 g/mol. The highest BCUT2D eigenvalue weighted by atomic mass is 32.1. The van der Waals surface area contributed by atoms with Crippen molar-refractivity contribution >= 4 is 11.3 Å². The third-order valence-electron chi connectivity index (χ3n) is 1.10. The average Bonchev–Trinajstić information content (AvgIpc) is 2.32. The molecule has 0 atom stereocenters. The fourth-order valence-corrected chi connectivity index (χ4v) is 1.18. The Hall–Kier alpha value is -0.740. The van der Waals surface area contributed by atoms with Crippen molar-refractivity contribution < 1.29 is 0 Å². The minimum Gasteiger partial charge on any atom is -0.151 e. The zero-order chi connectivity index (χ0) is 8.32. The minimum atomic E-state index is 0.113. The maximum absolute atomic E-state index is 3.18. The van der Waals surface area contributed by atoms with E-state index in [1.807, 2.05) is 11.4 Å². The molecule has 0 aliphatic heterocycles. The molecule has 0 unspecified atom stereocenters. The Balaban J connectivity index is 2.74. The van der Waals surface area contributed by atoms with Crippen molar-refractivity contribution in [3.05, 3.63) is 22.4 Å². The second kappa shape index (κ2) is 3.11. The Bertz CT molecular complexity index is 264. The Morgan fingerprint density at radius 3 is 2.55 bits per heavy atom. The highest BCUT2D eigenvalue weighted by molar-refractivity contribution is 7.08. The summed E-state index contributed by atoms with van der Waals surface area (Å²) in [6.45, 7) is 6.35. The standard InChI is InChI=1S/C10H12S/c1-10(2,3)6-4-9-5-7-11-8-9/h5,7-8H,1-3H3. The molecule has 0 aliphatic rings. The van der Waals surface area contributed by atoms with Gasteiger partial charge in [0.05, 0.1) is 0 Å². The van der Waals surface area contributed by atoms with E-state index in [1.54, 1.807) is 11.3 Å². The Labute approximate surface area is 72.3 Å². The molecule has 0 N–H and O–H groups in total. The summed E-state index contributed by atoms with van der Waals surface area (Å²) in [5.74, 6) is 6.31. The zero-order valence-electron chi connectivity index (χ0n) is 7.14. The molecule has 1 heterocycles. The van der Waals surface area contributed by atoms with Gasteiger partial charge in [-0.1, -0.05) is 11.8 Å². The van der Waals surface area contributed by atoms with Crippen LogP contribution in [-0.2, 0) is 0 Å². The number of rotatable bonds is 0. The van der Waals surface area contributed by atoms with E-state index in [9.17, 15) is 0 Å². The van der Waals surface area contributed by atoms with Gasteiger partial charge in [0.15, 0.2) is 0 Å². The zero-order valence-corrected chi connectivity index (χ0v) is 7.96. The monoisotopic (exact) mass is 164 g/mol. The van der Waals surface area contributed by atoms with E-state index in [4.69, 9.17) is 0 Å². The quantitative estimate of drug-likeness (QED) is 0.517. The van der Waals surface area contributed by atoms with Crippen molar-refractivity contribution in [1.82, 2.24) is 0 Å². The van der Waals surface area contributed by atoms with Crippen LogP contribution in [0, 0.1) is 17.3 Å². The van der Waals surface area contributed by atoms with Gasteiger partial charge in [0.1, 0.15) is 0 Å². The van der Waals surface area contributed by atoms with Crippen molar-refractivity contribution in [3.63, 3.8) is 0 Å². The first-order chi connectivity index (χ1) is 5.08. The van der Waals surface area contributed by atoms with Crippen molar-refractivity contribution in [1.29, 1.82) is 0 Å². The second-order valence-electron chi connectivity index (χ2n) is 3.51. The lowest BCUT2D eigenvalue weighted by molar-refractivity contribution is 0.571. The lowest BCUT2D eigenvalue weighted by Crippen LogP contribution is -1.98. The van der Waals surface area contributed by atoms with Crippen molar-refractivity contribution in [2.75, 3.05) is 0 Å². The first-order valence-electron chi connectivity index (χ1n) is 3.63. The molecule has 1 heteroatoms. The molecule has 0 aliphatic carbocycles. The molecule has 0 bridgehead atoms. The van der Waals surface area contributed by atoms with Crippen LogP contribution < -0.4 is 0 Å². The largest absolute Gasteiger partial charge is 0.151 e. The third kappa shape index (κ3) is 3.25. The summed E-state index contributed by atoms with van der Waals surface area (Å²) >= 11 is 1.69. The molecule has 58 valence electrons. The van der Waals surface area contributed by atoms with Crippen LogP contribution in [0.5, 0.6) is 0 Å². The van der Waals surface area contributed by atoms with E-state index in [-0.39, 0.29) is 5.41 Å². The van der Waals surface area contributed by atoms with Crippen LogP contribution >= 0.6 is 11.3 Å². The molecule has 11 heavy (non-hydrogen) atoms. The van der Waals surface area contributed by atoms with Gasteiger partial charge in [0.25, 0.3) is 0 Å². The highest BCUT2D eigenvalue weighted by Crippen LogP contribution is 2.11. The fraction of sp³-hybridized carbons (Fsp3) is 0.400. The number of thiophene rings is 1. The van der Waals surface area contributed by atoms with Gasteiger partial charge < -0.3 is 0 Å². The Morgan fingerprint density at radius 1 is 1.36 bits per heavy atom. The van der Waals surface area contributed by atoms with Crippen LogP contribution in [0.2, 0.25) is 0 Å². The first-order valence-corrected chi connectivity index (χ1v) is 4.57. The smallest absolute Gasteiger partial charge is 0.0352 e. The van der Waals surface area contributed by atoms with Gasteiger partial charge in [0, 0.05) is 16.4 Å². The summed E-state index contributed by atoms with van der Waals surface area (Å²) in [5, 5.41) is 4.12. The van der Waals surface area contributed by atoms with Crippen LogP contribution in [0.25, 0.3) is 0 Å². The first kappa shape index (κ1) is 8.36. The van der Waals surface area contributed by atoms with Gasteiger partial charge in [-0.15, -0.1) is 0 Å². The molecule has 0 saturated carbocycles. The number of hydrogen-bond acceptors (Lipinski definition) is 1. The summed E-state index contributed by atoms with van der Waals surface area (Å²) in [5.41, 5.74) is 1.24. The molecular weight excluding hydrogens is 152 g/mol. The topological polar surface area (TPSA) is 0 Å². The van der Waals surface area contributed by atoms with Crippen LogP contribution in [0.3, 0.4) is 0 Å². The van der Waals surface area contributed by atoms with E-state index in [0.717, 1.165) is 5.56 Å².